The molecular formula is C26H20N6O4S. The maximum absolute atomic E-state index is 12.7. The van der Waals surface area contributed by atoms with E-state index in [0.717, 1.165) is 21.0 Å². The van der Waals surface area contributed by atoms with Crippen molar-refractivity contribution in [3.63, 3.8) is 0 Å². The molecule has 5 aromatic rings. The van der Waals surface area contributed by atoms with Crippen LogP contribution in [0.5, 0.6) is 0 Å². The SMILES string of the molecule is O=C(Cn1nc(-c2cccc3ccccc23)ccc1=O)Nc1ccc(S(=O)(=O)Nc2ncccn2)cc1. The molecule has 0 fully saturated rings. The lowest BCUT2D eigenvalue weighted by Crippen LogP contribution is -2.29. The van der Waals surface area contributed by atoms with Crippen LogP contribution in [-0.2, 0) is 21.4 Å². The Morgan fingerprint density at radius 3 is 2.35 bits per heavy atom. The minimum atomic E-state index is -3.90. The van der Waals surface area contributed by atoms with Crippen LogP contribution in [0.4, 0.5) is 11.6 Å². The van der Waals surface area contributed by atoms with Crippen LogP contribution in [0.15, 0.2) is 107 Å². The number of fused-ring (bicyclic) bond motifs is 1. The normalized spacial score (nSPS) is 11.2. The molecule has 0 aliphatic heterocycles. The lowest BCUT2D eigenvalue weighted by molar-refractivity contribution is -0.117. The standard InChI is InChI=1S/C26H20N6O4S/c33-24(29-19-9-11-20(12-10-19)37(35,36)31-26-27-15-4-16-28-26)17-32-25(34)14-13-23(30-32)22-8-3-6-18-5-1-2-7-21(18)22/h1-16H,17H2,(H,29,33)(H,27,28,31). The Kier molecular flexibility index (Phi) is 6.43. The van der Waals surface area contributed by atoms with Gasteiger partial charge in [0.2, 0.25) is 11.9 Å². The number of aromatic nitrogens is 4. The number of carbonyl (C=O) groups is 1. The Morgan fingerprint density at radius 1 is 0.838 bits per heavy atom. The molecule has 11 heteroatoms. The molecule has 0 saturated carbocycles. The second kappa shape index (κ2) is 9.99. The Morgan fingerprint density at radius 2 is 1.57 bits per heavy atom. The van der Waals surface area contributed by atoms with Gasteiger partial charge >= 0.3 is 0 Å². The number of sulfonamides is 1. The van der Waals surface area contributed by atoms with Crippen LogP contribution in [0, 0.1) is 0 Å². The lowest BCUT2D eigenvalue weighted by atomic mass is 10.0. The van der Waals surface area contributed by atoms with Crippen LogP contribution < -0.4 is 15.6 Å². The molecule has 3 aromatic carbocycles. The van der Waals surface area contributed by atoms with Crippen molar-refractivity contribution in [1.82, 2.24) is 19.7 Å². The lowest BCUT2D eigenvalue weighted by Gasteiger charge is -2.10. The number of hydrogen-bond acceptors (Lipinski definition) is 7. The highest BCUT2D eigenvalue weighted by Gasteiger charge is 2.16. The zero-order chi connectivity index (χ0) is 25.8. The highest BCUT2D eigenvalue weighted by atomic mass is 32.2. The van der Waals surface area contributed by atoms with Gasteiger partial charge in [-0.15, -0.1) is 0 Å². The van der Waals surface area contributed by atoms with Crippen molar-refractivity contribution in [2.45, 2.75) is 11.4 Å². The molecule has 0 unspecified atom stereocenters. The van der Waals surface area contributed by atoms with Gasteiger partial charge in [0.25, 0.3) is 15.6 Å². The summed E-state index contributed by atoms with van der Waals surface area (Å²) in [5.74, 6) is -0.542. The molecule has 0 radical (unpaired) electrons. The second-order valence-corrected chi connectivity index (χ2v) is 9.67. The quantitative estimate of drug-likeness (QED) is 0.341. The number of benzene rings is 3. The van der Waals surface area contributed by atoms with Gasteiger partial charge in [0, 0.05) is 29.7 Å². The first-order valence-electron chi connectivity index (χ1n) is 11.2. The molecule has 184 valence electrons. The molecule has 1 amide bonds. The van der Waals surface area contributed by atoms with E-state index in [4.69, 9.17) is 0 Å². The summed E-state index contributed by atoms with van der Waals surface area (Å²) in [6.45, 7) is -0.315. The van der Waals surface area contributed by atoms with E-state index in [9.17, 15) is 18.0 Å². The minimum Gasteiger partial charge on any atom is -0.324 e. The van der Waals surface area contributed by atoms with Crippen LogP contribution in [0.3, 0.4) is 0 Å². The molecule has 0 atom stereocenters. The number of rotatable bonds is 7. The predicted molar refractivity (Wildman–Crippen MR) is 139 cm³/mol. The largest absolute Gasteiger partial charge is 0.324 e. The maximum atomic E-state index is 12.7. The molecule has 2 N–H and O–H groups in total. The van der Waals surface area contributed by atoms with Gasteiger partial charge in [0.05, 0.1) is 10.6 Å². The molecule has 2 aromatic heterocycles. The van der Waals surface area contributed by atoms with Crippen molar-refractivity contribution in [1.29, 1.82) is 0 Å². The van der Waals surface area contributed by atoms with E-state index < -0.39 is 21.5 Å². The molecule has 0 saturated heterocycles. The first kappa shape index (κ1) is 23.8. The molecule has 37 heavy (non-hydrogen) atoms. The molecule has 10 nitrogen and oxygen atoms in total. The van der Waals surface area contributed by atoms with Gasteiger partial charge < -0.3 is 5.32 Å². The summed E-state index contributed by atoms with van der Waals surface area (Å²) in [6, 6.07) is 23.8. The van der Waals surface area contributed by atoms with Gasteiger partial charge in [-0.2, -0.15) is 5.10 Å². The minimum absolute atomic E-state index is 0.0290. The predicted octanol–water partition coefficient (Wildman–Crippen LogP) is 3.29. The molecule has 0 aliphatic carbocycles. The van der Waals surface area contributed by atoms with Crippen LogP contribution >= 0.6 is 0 Å². The molecular weight excluding hydrogens is 492 g/mol. The highest BCUT2D eigenvalue weighted by molar-refractivity contribution is 7.92. The van der Waals surface area contributed by atoms with Crippen molar-refractivity contribution >= 4 is 38.3 Å². The molecule has 0 aliphatic rings. The monoisotopic (exact) mass is 512 g/mol. The Labute approximate surface area is 211 Å². The molecule has 0 bridgehead atoms. The van der Waals surface area contributed by atoms with Gasteiger partial charge in [0.1, 0.15) is 6.54 Å². The third-order valence-electron chi connectivity index (χ3n) is 5.47. The summed E-state index contributed by atoms with van der Waals surface area (Å²) in [4.78, 5) is 32.7. The summed E-state index contributed by atoms with van der Waals surface area (Å²) in [6.07, 6.45) is 2.84. The van der Waals surface area contributed by atoms with Crippen molar-refractivity contribution in [3.8, 4) is 11.3 Å². The van der Waals surface area contributed by atoms with Gasteiger partial charge in [0.15, 0.2) is 0 Å². The number of anilines is 2. The van der Waals surface area contributed by atoms with Gasteiger partial charge in [-0.05, 0) is 47.2 Å². The molecule has 0 spiro atoms. The van der Waals surface area contributed by atoms with Crippen molar-refractivity contribution < 1.29 is 13.2 Å². The first-order valence-corrected chi connectivity index (χ1v) is 12.6. The van der Waals surface area contributed by atoms with E-state index in [-0.39, 0.29) is 17.4 Å². The third kappa shape index (κ3) is 5.36. The topological polar surface area (TPSA) is 136 Å². The third-order valence-corrected chi connectivity index (χ3v) is 6.81. The highest BCUT2D eigenvalue weighted by Crippen LogP contribution is 2.26. The smallest absolute Gasteiger partial charge is 0.267 e. The fourth-order valence-electron chi connectivity index (χ4n) is 3.74. The summed E-state index contributed by atoms with van der Waals surface area (Å²) >= 11 is 0. The van der Waals surface area contributed by atoms with E-state index in [1.54, 1.807) is 12.1 Å². The summed E-state index contributed by atoms with van der Waals surface area (Å²) in [5.41, 5.74) is 1.35. The molecule has 2 heterocycles. The van der Waals surface area contributed by atoms with Crippen LogP contribution in [0.1, 0.15) is 0 Å². The second-order valence-electron chi connectivity index (χ2n) is 7.99. The molecule has 5 rings (SSSR count). The number of hydrogen-bond donors (Lipinski definition) is 2. The van der Waals surface area contributed by atoms with E-state index >= 15 is 0 Å². The summed E-state index contributed by atoms with van der Waals surface area (Å²) in [7, 11) is -3.90. The zero-order valence-electron chi connectivity index (χ0n) is 19.3. The average molecular weight is 513 g/mol. The van der Waals surface area contributed by atoms with Crippen LogP contribution in [0.2, 0.25) is 0 Å². The van der Waals surface area contributed by atoms with E-state index in [0.29, 0.717) is 11.4 Å². The Hall–Kier alpha value is -4.90. The average Bonchev–Trinajstić information content (AvgIpc) is 2.90. The first-order chi connectivity index (χ1) is 17.9. The van der Waals surface area contributed by atoms with Crippen molar-refractivity contribution in [3.05, 3.63) is 108 Å². The zero-order valence-corrected chi connectivity index (χ0v) is 20.1. The number of carbonyl (C=O) groups excluding carboxylic acids is 1. The van der Waals surface area contributed by atoms with Gasteiger partial charge in [-0.1, -0.05) is 42.5 Å². The summed E-state index contributed by atoms with van der Waals surface area (Å²) < 4.78 is 28.4. The van der Waals surface area contributed by atoms with Gasteiger partial charge in [-0.3, -0.25) is 9.59 Å². The van der Waals surface area contributed by atoms with Crippen molar-refractivity contribution in [2.75, 3.05) is 10.0 Å². The number of amides is 1. The van der Waals surface area contributed by atoms with Gasteiger partial charge in [-0.25, -0.2) is 27.8 Å². The number of nitrogens with zero attached hydrogens (tertiary/aromatic N) is 4. The summed E-state index contributed by atoms with van der Waals surface area (Å²) in [5, 5.41) is 9.08. The fourth-order valence-corrected chi connectivity index (χ4v) is 4.70. The van der Waals surface area contributed by atoms with Crippen molar-refractivity contribution in [2.24, 2.45) is 0 Å². The van der Waals surface area contributed by atoms with Crippen LogP contribution in [-0.4, -0.2) is 34.1 Å². The fraction of sp³-hybridized carbons (Fsp3) is 0.0385. The maximum Gasteiger partial charge on any atom is 0.267 e. The van der Waals surface area contributed by atoms with E-state index in [2.05, 4.69) is 25.1 Å². The van der Waals surface area contributed by atoms with E-state index in [1.165, 1.54) is 42.7 Å². The Balaban J connectivity index is 1.31. The Bertz CT molecular complexity index is 1750. The van der Waals surface area contributed by atoms with Crippen LogP contribution in [0.25, 0.3) is 22.0 Å². The number of nitrogens with one attached hydrogen (secondary N) is 2. The van der Waals surface area contributed by atoms with E-state index in [1.807, 2.05) is 42.5 Å².